The smallest absolute Gasteiger partial charge is 0.239 e. The Morgan fingerprint density at radius 2 is 1.89 bits per heavy atom. The van der Waals surface area contributed by atoms with Gasteiger partial charge in [0.15, 0.2) is 0 Å². The molecule has 2 aromatic heterocycles. The van der Waals surface area contributed by atoms with Crippen LogP contribution in [0.4, 0.5) is 0 Å². The molecule has 1 aliphatic rings. The minimum absolute atomic E-state index is 0.0217. The number of aliphatic imine (C=N–C) groups is 1. The van der Waals surface area contributed by atoms with Gasteiger partial charge in [-0.2, -0.15) is 0 Å². The Labute approximate surface area is 168 Å². The number of aromatic nitrogens is 1. The van der Waals surface area contributed by atoms with Gasteiger partial charge in [-0.05, 0) is 50.1 Å². The van der Waals surface area contributed by atoms with Gasteiger partial charge < -0.3 is 5.73 Å². The van der Waals surface area contributed by atoms with Gasteiger partial charge in [0.25, 0.3) is 0 Å². The van der Waals surface area contributed by atoms with Crippen LogP contribution in [0.15, 0.2) is 41.4 Å². The Hall–Kier alpha value is -2.45. The van der Waals surface area contributed by atoms with Gasteiger partial charge in [-0.25, -0.2) is 17.7 Å². The molecular weight excluding hydrogens is 392 g/mol. The Morgan fingerprint density at radius 3 is 2.61 bits per heavy atom. The van der Waals surface area contributed by atoms with Gasteiger partial charge in [0, 0.05) is 27.9 Å². The van der Waals surface area contributed by atoms with E-state index in [0.29, 0.717) is 0 Å². The molecule has 3 heterocycles. The first-order valence-corrected chi connectivity index (χ1v) is 11.3. The van der Waals surface area contributed by atoms with Crippen molar-refractivity contribution in [2.45, 2.75) is 26.3 Å². The summed E-state index contributed by atoms with van der Waals surface area (Å²) in [5.74, 6) is -0.0790. The second-order valence-electron chi connectivity index (χ2n) is 7.45. The van der Waals surface area contributed by atoms with E-state index in [1.807, 2.05) is 26.8 Å². The largest absolute Gasteiger partial charge is 0.369 e. The number of hydrogen-bond acceptors (Lipinski definition) is 6. The maximum Gasteiger partial charge on any atom is 0.239 e. The first kappa shape index (κ1) is 18.9. The number of benzene rings is 1. The summed E-state index contributed by atoms with van der Waals surface area (Å²) in [6, 6.07) is 12.3. The first-order chi connectivity index (χ1) is 13.1. The topological polar surface area (TPSA) is 88.7 Å². The number of rotatable bonds is 2. The Balaban J connectivity index is 1.81. The second-order valence-corrected chi connectivity index (χ2v) is 10.5. The molecule has 0 amide bonds. The summed E-state index contributed by atoms with van der Waals surface area (Å²) in [5, 5.41) is 1.09. The molecular formula is C20H22N4O2S2. The number of hydrogen-bond donors (Lipinski definition) is 1. The fourth-order valence-electron chi connectivity index (χ4n) is 3.60. The highest BCUT2D eigenvalue weighted by Gasteiger charge is 2.42. The maximum absolute atomic E-state index is 12.5. The number of aryl methyl sites for hydroxylation is 2. The van der Waals surface area contributed by atoms with E-state index in [4.69, 9.17) is 5.73 Å². The second kappa shape index (κ2) is 6.28. The minimum atomic E-state index is -3.50. The van der Waals surface area contributed by atoms with Crippen LogP contribution in [0.3, 0.4) is 0 Å². The van der Waals surface area contributed by atoms with Gasteiger partial charge in [0.2, 0.25) is 16.0 Å². The van der Waals surface area contributed by atoms with E-state index >= 15 is 0 Å². The number of nitrogens with two attached hydrogens (primary N) is 1. The molecule has 6 nitrogen and oxygen atoms in total. The molecule has 0 radical (unpaired) electrons. The molecule has 1 atom stereocenters. The van der Waals surface area contributed by atoms with Crippen molar-refractivity contribution in [1.82, 2.24) is 9.29 Å². The van der Waals surface area contributed by atoms with Crippen LogP contribution >= 0.6 is 11.3 Å². The van der Waals surface area contributed by atoms with E-state index in [9.17, 15) is 8.42 Å². The highest BCUT2D eigenvalue weighted by atomic mass is 32.2. The average molecular weight is 415 g/mol. The maximum atomic E-state index is 12.5. The molecule has 0 bridgehead atoms. The van der Waals surface area contributed by atoms with Crippen LogP contribution in [0.5, 0.6) is 0 Å². The van der Waals surface area contributed by atoms with Gasteiger partial charge >= 0.3 is 0 Å². The van der Waals surface area contributed by atoms with Crippen LogP contribution in [0.2, 0.25) is 0 Å². The number of pyridine rings is 1. The van der Waals surface area contributed by atoms with Crippen molar-refractivity contribution >= 4 is 38.2 Å². The fourth-order valence-corrected chi connectivity index (χ4v) is 6.39. The molecule has 146 valence electrons. The van der Waals surface area contributed by atoms with Gasteiger partial charge in [-0.1, -0.05) is 18.2 Å². The number of thiophene rings is 1. The van der Waals surface area contributed by atoms with Crippen LogP contribution in [-0.2, 0) is 15.6 Å². The van der Waals surface area contributed by atoms with E-state index in [2.05, 4.69) is 40.3 Å². The van der Waals surface area contributed by atoms with E-state index in [-0.39, 0.29) is 11.7 Å². The lowest BCUT2D eigenvalue weighted by atomic mass is 10.00. The number of nitrogens with zero attached hydrogens (tertiary/aromatic N) is 3. The van der Waals surface area contributed by atoms with Crippen LogP contribution in [0.25, 0.3) is 21.3 Å². The molecule has 0 spiro atoms. The monoisotopic (exact) mass is 414 g/mol. The molecule has 0 saturated heterocycles. The number of guanidine groups is 1. The molecule has 0 saturated carbocycles. The van der Waals surface area contributed by atoms with E-state index in [0.717, 1.165) is 41.8 Å². The van der Waals surface area contributed by atoms with Crippen molar-refractivity contribution in [3.05, 3.63) is 52.5 Å². The summed E-state index contributed by atoms with van der Waals surface area (Å²) in [6.07, 6.45) is 0. The molecule has 2 N–H and O–H groups in total. The summed E-state index contributed by atoms with van der Waals surface area (Å²) >= 11 is 1.56. The Kier molecular flexibility index (Phi) is 4.24. The molecule has 0 aliphatic carbocycles. The van der Waals surface area contributed by atoms with Crippen molar-refractivity contribution in [3.63, 3.8) is 0 Å². The standard InChI is InChI=1S/C20H22N4O2S2/c1-12-9-17(15-8-7-14-6-5-13(2)22-16(14)10-15)27-18(12)20(3)11-28(25,26)24(4)19(21)23-20/h5-10H,11H2,1-4H3,(H2,21,23)/t20-/m0/s1. The van der Waals surface area contributed by atoms with Gasteiger partial charge in [-0.15, -0.1) is 11.3 Å². The minimum Gasteiger partial charge on any atom is -0.369 e. The van der Waals surface area contributed by atoms with Crippen molar-refractivity contribution in [2.24, 2.45) is 10.7 Å². The zero-order chi connectivity index (χ0) is 20.3. The predicted octanol–water partition coefficient (Wildman–Crippen LogP) is 3.39. The Morgan fingerprint density at radius 1 is 1.18 bits per heavy atom. The molecule has 1 aliphatic heterocycles. The van der Waals surface area contributed by atoms with Crippen LogP contribution < -0.4 is 5.73 Å². The van der Waals surface area contributed by atoms with Crippen LogP contribution in [-0.4, -0.2) is 36.5 Å². The lowest BCUT2D eigenvalue weighted by Crippen LogP contribution is -2.50. The third kappa shape index (κ3) is 3.06. The fraction of sp³-hybridized carbons (Fsp3) is 0.300. The van der Waals surface area contributed by atoms with Gasteiger partial charge in [0.1, 0.15) is 5.54 Å². The molecule has 1 aromatic carbocycles. The molecule has 8 heteroatoms. The summed E-state index contributed by atoms with van der Waals surface area (Å²) in [4.78, 5) is 11.1. The first-order valence-electron chi connectivity index (χ1n) is 8.90. The number of sulfonamides is 1. The van der Waals surface area contributed by atoms with Crippen molar-refractivity contribution in [3.8, 4) is 10.4 Å². The average Bonchev–Trinajstić information content (AvgIpc) is 3.01. The quantitative estimate of drug-likeness (QED) is 0.696. The number of fused-ring (bicyclic) bond motifs is 1. The lowest BCUT2D eigenvalue weighted by Gasteiger charge is -2.34. The van der Waals surface area contributed by atoms with Gasteiger partial charge in [0.05, 0.1) is 11.3 Å². The van der Waals surface area contributed by atoms with Crippen molar-refractivity contribution in [1.29, 1.82) is 0 Å². The van der Waals surface area contributed by atoms with E-state index < -0.39 is 15.6 Å². The highest BCUT2D eigenvalue weighted by molar-refractivity contribution is 7.89. The van der Waals surface area contributed by atoms with Crippen LogP contribution in [0.1, 0.15) is 23.1 Å². The Bertz CT molecular complexity index is 1230. The summed E-state index contributed by atoms with van der Waals surface area (Å²) < 4.78 is 26.1. The third-order valence-corrected chi connectivity index (χ3v) is 8.58. The molecule has 28 heavy (non-hydrogen) atoms. The zero-order valence-electron chi connectivity index (χ0n) is 16.2. The molecule has 3 aromatic rings. The lowest BCUT2D eigenvalue weighted by molar-refractivity contribution is 0.481. The van der Waals surface area contributed by atoms with E-state index in [1.165, 1.54) is 7.05 Å². The molecule has 0 fully saturated rings. The van der Waals surface area contributed by atoms with Crippen molar-refractivity contribution < 1.29 is 8.42 Å². The summed E-state index contributed by atoms with van der Waals surface area (Å²) in [6.45, 7) is 5.79. The normalized spacial score (nSPS) is 21.7. The summed E-state index contributed by atoms with van der Waals surface area (Å²) in [5.41, 5.74) is 9.00. The molecule has 4 rings (SSSR count). The highest BCUT2D eigenvalue weighted by Crippen LogP contribution is 2.42. The predicted molar refractivity (Wildman–Crippen MR) is 115 cm³/mol. The zero-order valence-corrected chi connectivity index (χ0v) is 17.9. The third-order valence-electron chi connectivity index (χ3n) is 5.09. The van der Waals surface area contributed by atoms with E-state index in [1.54, 1.807) is 11.3 Å². The summed E-state index contributed by atoms with van der Waals surface area (Å²) in [7, 11) is -2.06. The SMILES string of the molecule is Cc1ccc2ccc(-c3cc(C)c([C@]4(C)CS(=O)(=O)N(C)C(N)=N4)s3)cc2n1. The van der Waals surface area contributed by atoms with Crippen molar-refractivity contribution in [2.75, 3.05) is 12.8 Å². The molecule has 0 unspecified atom stereocenters. The van der Waals surface area contributed by atoms with Crippen LogP contribution in [0, 0.1) is 13.8 Å². The van der Waals surface area contributed by atoms with Gasteiger partial charge in [-0.3, -0.25) is 4.98 Å².